The van der Waals surface area contributed by atoms with Crippen LogP contribution in [0.2, 0.25) is 0 Å². The molecule has 1 saturated heterocycles. The van der Waals surface area contributed by atoms with Gasteiger partial charge in [0, 0.05) is 31.4 Å². The van der Waals surface area contributed by atoms with Crippen molar-refractivity contribution in [3.05, 3.63) is 12.4 Å². The second-order valence-electron chi connectivity index (χ2n) is 6.10. The van der Waals surface area contributed by atoms with Gasteiger partial charge in [-0.1, -0.05) is 19.3 Å². The lowest BCUT2D eigenvalue weighted by molar-refractivity contribution is 0.246. The van der Waals surface area contributed by atoms with Crippen LogP contribution in [0.15, 0.2) is 12.4 Å². The lowest BCUT2D eigenvalue weighted by Gasteiger charge is -2.40. The van der Waals surface area contributed by atoms with Crippen molar-refractivity contribution < 1.29 is 0 Å². The molecule has 0 radical (unpaired) electrons. The number of rotatable bonds is 2. The number of nitrogens with one attached hydrogen (secondary N) is 1. The van der Waals surface area contributed by atoms with Crippen LogP contribution in [0.1, 0.15) is 45.4 Å². The van der Waals surface area contributed by atoms with E-state index in [0.717, 1.165) is 19.6 Å². The highest BCUT2D eigenvalue weighted by Gasteiger charge is 2.35. The molecule has 0 aromatic carbocycles. The third-order valence-corrected chi connectivity index (χ3v) is 4.72. The molecule has 19 heavy (non-hydrogen) atoms. The van der Waals surface area contributed by atoms with Gasteiger partial charge in [0.2, 0.25) is 0 Å². The highest BCUT2D eigenvalue weighted by atomic mass is 15.3. The summed E-state index contributed by atoms with van der Waals surface area (Å²) in [4.78, 5) is 2.55. The molecule has 1 aliphatic carbocycles. The number of nitrogens with zero attached hydrogens (tertiary/aromatic N) is 3. The van der Waals surface area contributed by atoms with Crippen LogP contribution in [0, 0.1) is 0 Å². The predicted molar refractivity (Wildman–Crippen MR) is 78.5 cm³/mol. The first-order valence-corrected chi connectivity index (χ1v) is 7.84. The summed E-state index contributed by atoms with van der Waals surface area (Å²) < 4.78 is 2.03. The van der Waals surface area contributed by atoms with Gasteiger partial charge < -0.3 is 10.2 Å². The summed E-state index contributed by atoms with van der Waals surface area (Å²) in [7, 11) is 0. The first-order chi connectivity index (χ1) is 9.31. The number of hydrogen-bond donors (Lipinski definition) is 1. The Bertz CT molecular complexity index is 406. The average Bonchev–Trinajstić information content (AvgIpc) is 2.84. The van der Waals surface area contributed by atoms with E-state index in [4.69, 9.17) is 0 Å². The third-order valence-electron chi connectivity index (χ3n) is 4.72. The molecule has 0 amide bonds. The van der Waals surface area contributed by atoms with Crippen molar-refractivity contribution in [2.75, 3.05) is 24.5 Å². The molecular weight excluding hydrogens is 236 g/mol. The Morgan fingerprint density at radius 2 is 2.11 bits per heavy atom. The molecule has 2 fully saturated rings. The first-order valence-electron chi connectivity index (χ1n) is 7.84. The molecule has 0 atom stereocenters. The van der Waals surface area contributed by atoms with Gasteiger partial charge in [0.25, 0.3) is 0 Å². The maximum absolute atomic E-state index is 4.43. The number of aryl methyl sites for hydroxylation is 1. The first kappa shape index (κ1) is 13.0. The molecule has 0 unspecified atom stereocenters. The Morgan fingerprint density at radius 3 is 2.84 bits per heavy atom. The molecule has 1 aromatic rings. The minimum absolute atomic E-state index is 0.364. The highest BCUT2D eigenvalue weighted by Crippen LogP contribution is 2.31. The topological polar surface area (TPSA) is 33.1 Å². The van der Waals surface area contributed by atoms with Crippen LogP contribution in [0.5, 0.6) is 0 Å². The Kier molecular flexibility index (Phi) is 3.78. The zero-order chi connectivity index (χ0) is 13.1. The second kappa shape index (κ2) is 5.53. The van der Waals surface area contributed by atoms with Crippen LogP contribution < -0.4 is 10.2 Å². The number of hydrogen-bond acceptors (Lipinski definition) is 3. The summed E-state index contributed by atoms with van der Waals surface area (Å²) in [6.07, 6.45) is 12.3. The summed E-state index contributed by atoms with van der Waals surface area (Å²) in [6, 6.07) is 0. The summed E-state index contributed by atoms with van der Waals surface area (Å²) >= 11 is 0. The monoisotopic (exact) mass is 262 g/mol. The predicted octanol–water partition coefficient (Wildman–Crippen LogP) is 2.41. The minimum atomic E-state index is 0.364. The maximum atomic E-state index is 4.43. The van der Waals surface area contributed by atoms with Crippen LogP contribution in [-0.4, -0.2) is 35.0 Å². The zero-order valence-corrected chi connectivity index (χ0v) is 12.1. The van der Waals surface area contributed by atoms with E-state index < -0.39 is 0 Å². The smallest absolute Gasteiger partial charge is 0.0753 e. The molecule has 0 bridgehead atoms. The van der Waals surface area contributed by atoms with Crippen molar-refractivity contribution in [3.63, 3.8) is 0 Å². The van der Waals surface area contributed by atoms with Gasteiger partial charge in [0.1, 0.15) is 0 Å². The van der Waals surface area contributed by atoms with Crippen molar-refractivity contribution in [2.24, 2.45) is 0 Å². The largest absolute Gasteiger partial charge is 0.367 e. The Labute approximate surface area is 116 Å². The van der Waals surface area contributed by atoms with Gasteiger partial charge in [-0.2, -0.15) is 5.10 Å². The van der Waals surface area contributed by atoms with Gasteiger partial charge in [-0.15, -0.1) is 0 Å². The summed E-state index contributed by atoms with van der Waals surface area (Å²) in [6.45, 7) is 6.58. The van der Waals surface area contributed by atoms with Gasteiger partial charge in [0.05, 0.1) is 11.9 Å². The molecule has 4 heteroatoms. The van der Waals surface area contributed by atoms with Crippen LogP contribution in [0.25, 0.3) is 0 Å². The van der Waals surface area contributed by atoms with Crippen LogP contribution >= 0.6 is 0 Å². The molecule has 1 spiro atoms. The summed E-state index contributed by atoms with van der Waals surface area (Å²) in [5, 5.41) is 8.28. The molecule has 2 heterocycles. The van der Waals surface area contributed by atoms with E-state index in [1.807, 2.05) is 10.9 Å². The van der Waals surface area contributed by atoms with E-state index in [0.29, 0.717) is 5.54 Å². The Hall–Kier alpha value is -1.03. The van der Waals surface area contributed by atoms with Crippen molar-refractivity contribution in [2.45, 2.75) is 57.5 Å². The number of aromatic nitrogens is 2. The quantitative estimate of drug-likeness (QED) is 0.888. The minimum Gasteiger partial charge on any atom is -0.367 e. The van der Waals surface area contributed by atoms with Gasteiger partial charge >= 0.3 is 0 Å². The third kappa shape index (κ3) is 2.78. The molecule has 4 nitrogen and oxygen atoms in total. The Balaban J connectivity index is 1.76. The molecule has 1 saturated carbocycles. The molecular formula is C15H26N4. The fourth-order valence-corrected chi connectivity index (χ4v) is 3.60. The zero-order valence-electron chi connectivity index (χ0n) is 12.1. The average molecular weight is 262 g/mol. The molecule has 3 rings (SSSR count). The van der Waals surface area contributed by atoms with E-state index in [1.165, 1.54) is 50.8 Å². The van der Waals surface area contributed by atoms with E-state index in [2.05, 4.69) is 28.4 Å². The maximum Gasteiger partial charge on any atom is 0.0753 e. The molecule has 1 N–H and O–H groups in total. The number of anilines is 1. The van der Waals surface area contributed by atoms with Crippen LogP contribution in [0.4, 0.5) is 5.69 Å². The lowest BCUT2D eigenvalue weighted by Crippen LogP contribution is -2.52. The molecule has 1 aliphatic heterocycles. The van der Waals surface area contributed by atoms with Crippen molar-refractivity contribution in [1.29, 1.82) is 0 Å². The van der Waals surface area contributed by atoms with Gasteiger partial charge in [-0.25, -0.2) is 0 Å². The van der Waals surface area contributed by atoms with E-state index in [1.54, 1.807) is 0 Å². The highest BCUT2D eigenvalue weighted by molar-refractivity contribution is 5.43. The normalized spacial score (nSPS) is 23.5. The lowest BCUT2D eigenvalue weighted by atomic mass is 9.81. The SMILES string of the molecule is CCn1cc(N2CCCNC3(CCCCC3)C2)cn1. The van der Waals surface area contributed by atoms with Crippen LogP contribution in [-0.2, 0) is 6.54 Å². The summed E-state index contributed by atoms with van der Waals surface area (Å²) in [5.41, 5.74) is 1.67. The van der Waals surface area contributed by atoms with E-state index in [-0.39, 0.29) is 0 Å². The molecule has 1 aromatic heterocycles. The van der Waals surface area contributed by atoms with Crippen molar-refractivity contribution in [3.8, 4) is 0 Å². The van der Waals surface area contributed by atoms with E-state index >= 15 is 0 Å². The second-order valence-corrected chi connectivity index (χ2v) is 6.10. The fourth-order valence-electron chi connectivity index (χ4n) is 3.60. The standard InChI is InChI=1S/C15H26N4/c1-2-19-12-14(11-17-19)18-10-6-9-16-15(13-18)7-4-3-5-8-15/h11-12,16H,2-10,13H2,1H3. The molecule has 106 valence electrons. The van der Waals surface area contributed by atoms with Gasteiger partial charge in [-0.3, -0.25) is 4.68 Å². The van der Waals surface area contributed by atoms with Crippen molar-refractivity contribution >= 4 is 5.69 Å². The van der Waals surface area contributed by atoms with Crippen LogP contribution in [0.3, 0.4) is 0 Å². The summed E-state index contributed by atoms with van der Waals surface area (Å²) in [5.74, 6) is 0. The fraction of sp³-hybridized carbons (Fsp3) is 0.800. The van der Waals surface area contributed by atoms with Gasteiger partial charge in [0.15, 0.2) is 0 Å². The Morgan fingerprint density at radius 1 is 1.26 bits per heavy atom. The van der Waals surface area contributed by atoms with E-state index in [9.17, 15) is 0 Å². The van der Waals surface area contributed by atoms with Crippen molar-refractivity contribution in [1.82, 2.24) is 15.1 Å². The molecule has 2 aliphatic rings. The van der Waals surface area contributed by atoms with Gasteiger partial charge in [-0.05, 0) is 32.7 Å².